The van der Waals surface area contributed by atoms with Gasteiger partial charge in [0.15, 0.2) is 0 Å². The molecule has 2 heteroatoms. The van der Waals surface area contributed by atoms with Gasteiger partial charge in [-0.05, 0) is 114 Å². The molecule has 2 aliphatic carbocycles. The van der Waals surface area contributed by atoms with Gasteiger partial charge in [0.2, 0.25) is 0 Å². The highest BCUT2D eigenvalue weighted by molar-refractivity contribution is 5.98. The van der Waals surface area contributed by atoms with Crippen LogP contribution in [0.1, 0.15) is 77.5 Å². The fourth-order valence-electron chi connectivity index (χ4n) is 10.3. The van der Waals surface area contributed by atoms with Crippen molar-refractivity contribution in [3.8, 4) is 33.4 Å². The molecular weight excluding hydrogens is 689 g/mol. The molecule has 8 aromatic carbocycles. The Balaban J connectivity index is 1.03. The van der Waals surface area contributed by atoms with Gasteiger partial charge in [-0.15, -0.1) is 0 Å². The minimum Gasteiger partial charge on any atom is -0.366 e. The van der Waals surface area contributed by atoms with Gasteiger partial charge in [0.05, 0.1) is 6.04 Å². The summed E-state index contributed by atoms with van der Waals surface area (Å²) >= 11 is 0. The van der Waals surface area contributed by atoms with Crippen LogP contribution in [0.4, 0.5) is 0 Å². The molecule has 2 N–H and O–H groups in total. The molecular formula is C55H44N2. The van der Waals surface area contributed by atoms with Gasteiger partial charge in [-0.2, -0.15) is 0 Å². The summed E-state index contributed by atoms with van der Waals surface area (Å²) in [7, 11) is 0. The van der Waals surface area contributed by atoms with E-state index in [9.17, 15) is 0 Å². The summed E-state index contributed by atoms with van der Waals surface area (Å²) < 4.78 is 0. The third-order valence-electron chi connectivity index (χ3n) is 13.2. The van der Waals surface area contributed by atoms with Gasteiger partial charge in [0.1, 0.15) is 6.17 Å². The Kier molecular flexibility index (Phi) is 7.58. The van der Waals surface area contributed by atoms with E-state index in [0.29, 0.717) is 0 Å². The van der Waals surface area contributed by atoms with Crippen molar-refractivity contribution in [1.29, 1.82) is 0 Å². The summed E-state index contributed by atoms with van der Waals surface area (Å²) in [6.45, 7) is 7.16. The first kappa shape index (κ1) is 33.8. The fourth-order valence-corrected chi connectivity index (χ4v) is 10.3. The van der Waals surface area contributed by atoms with Crippen LogP contribution in [0.5, 0.6) is 0 Å². The van der Waals surface area contributed by atoms with Gasteiger partial charge in [-0.3, -0.25) is 5.32 Å². The van der Waals surface area contributed by atoms with Gasteiger partial charge in [-0.1, -0.05) is 184 Å². The van der Waals surface area contributed by atoms with Crippen molar-refractivity contribution in [2.24, 2.45) is 0 Å². The third-order valence-corrected chi connectivity index (χ3v) is 13.2. The second-order valence-corrected chi connectivity index (χ2v) is 16.7. The Bertz CT molecular complexity index is 2890. The lowest BCUT2D eigenvalue weighted by Gasteiger charge is -2.36. The molecule has 0 bridgehead atoms. The second kappa shape index (κ2) is 12.8. The lowest BCUT2D eigenvalue weighted by molar-refractivity contribution is 0.439. The number of nitrogens with one attached hydrogen (secondary N) is 2. The maximum atomic E-state index is 4.04. The Morgan fingerprint density at radius 2 is 1.09 bits per heavy atom. The average Bonchev–Trinajstić information content (AvgIpc) is 3.67. The van der Waals surface area contributed by atoms with Crippen molar-refractivity contribution in [2.75, 3.05) is 0 Å². The minimum absolute atomic E-state index is 0.0376. The first-order chi connectivity index (χ1) is 27.9. The normalized spacial score (nSPS) is 19.9. The average molecular weight is 733 g/mol. The largest absolute Gasteiger partial charge is 0.366 e. The number of hydrogen-bond donors (Lipinski definition) is 2. The van der Waals surface area contributed by atoms with Gasteiger partial charge < -0.3 is 5.32 Å². The molecule has 3 unspecified atom stereocenters. The molecule has 8 aromatic rings. The van der Waals surface area contributed by atoms with Crippen molar-refractivity contribution >= 4 is 16.5 Å². The van der Waals surface area contributed by atoms with Crippen LogP contribution in [0, 0.1) is 0 Å². The summed E-state index contributed by atoms with van der Waals surface area (Å²) in [5.41, 5.74) is 19.1. The van der Waals surface area contributed by atoms with Crippen molar-refractivity contribution in [3.05, 3.63) is 233 Å². The van der Waals surface area contributed by atoms with Crippen LogP contribution in [-0.2, 0) is 10.8 Å². The smallest absolute Gasteiger partial charge is 0.104 e. The van der Waals surface area contributed by atoms with E-state index in [-0.39, 0.29) is 23.0 Å². The Hall–Kier alpha value is -6.48. The second-order valence-electron chi connectivity index (χ2n) is 16.7. The van der Waals surface area contributed by atoms with Crippen LogP contribution >= 0.6 is 0 Å². The van der Waals surface area contributed by atoms with Crippen LogP contribution < -0.4 is 10.6 Å². The maximum absolute atomic E-state index is 4.04. The highest BCUT2D eigenvalue weighted by atomic mass is 15.2. The number of benzene rings is 8. The van der Waals surface area contributed by atoms with E-state index in [1.54, 1.807) is 0 Å². The molecule has 1 aliphatic heterocycles. The van der Waals surface area contributed by atoms with E-state index in [1.807, 2.05) is 0 Å². The van der Waals surface area contributed by atoms with Crippen molar-refractivity contribution < 1.29 is 0 Å². The monoisotopic (exact) mass is 732 g/mol. The fraction of sp³-hybridized carbons (Fsp3) is 0.127. The van der Waals surface area contributed by atoms with Crippen LogP contribution in [0.2, 0.25) is 0 Å². The molecule has 0 fully saturated rings. The SMILES string of the molecule is CC1(C)c2cc3ccccc3cc2-c2c(-c3ccc(C4=CC(c5cccc6c5C(C)(c5ccccc5)c5ccccc5-6)NC(c5ccccc5)N4)cc3)cccc21. The zero-order chi connectivity index (χ0) is 38.3. The molecule has 0 aromatic heterocycles. The van der Waals surface area contributed by atoms with E-state index in [2.05, 4.69) is 219 Å². The van der Waals surface area contributed by atoms with Crippen LogP contribution in [0.3, 0.4) is 0 Å². The molecule has 11 rings (SSSR count). The van der Waals surface area contributed by atoms with Gasteiger partial charge in [0.25, 0.3) is 0 Å². The molecule has 0 saturated carbocycles. The topological polar surface area (TPSA) is 24.1 Å². The first-order valence-corrected chi connectivity index (χ1v) is 20.3. The number of rotatable bonds is 5. The molecule has 3 atom stereocenters. The first-order valence-electron chi connectivity index (χ1n) is 20.3. The standard InChI is InChI=1S/C55H44N2/c1-54(2)47-27-15-23-41(51(47)45-32-38-18-10-11-19-39(38)33-48(45)54)35-28-30-36(31-29-35)49-34-50(57-53(56-49)37-16-6-4-7-17-37)44-25-14-24-43-42-22-12-13-26-46(42)55(3,52(43)44)40-20-8-5-9-21-40/h4-34,50,53,56-57H,1-3H3. The van der Waals surface area contributed by atoms with Crippen molar-refractivity contribution in [3.63, 3.8) is 0 Å². The highest BCUT2D eigenvalue weighted by Crippen LogP contribution is 2.56. The quantitative estimate of drug-likeness (QED) is 0.184. The van der Waals surface area contributed by atoms with Crippen LogP contribution in [0.25, 0.3) is 49.9 Å². The predicted octanol–water partition coefficient (Wildman–Crippen LogP) is 13.1. The summed E-state index contributed by atoms with van der Waals surface area (Å²) in [4.78, 5) is 0. The molecule has 274 valence electrons. The lowest BCUT2D eigenvalue weighted by Crippen LogP contribution is -2.40. The number of hydrogen-bond acceptors (Lipinski definition) is 2. The highest BCUT2D eigenvalue weighted by Gasteiger charge is 2.44. The maximum Gasteiger partial charge on any atom is 0.104 e. The Morgan fingerprint density at radius 1 is 0.474 bits per heavy atom. The summed E-state index contributed by atoms with van der Waals surface area (Å²) in [5.74, 6) is 0. The summed E-state index contributed by atoms with van der Waals surface area (Å²) in [6.07, 6.45) is 2.33. The molecule has 0 amide bonds. The predicted molar refractivity (Wildman–Crippen MR) is 237 cm³/mol. The summed E-state index contributed by atoms with van der Waals surface area (Å²) in [5, 5.41) is 10.5. The van der Waals surface area contributed by atoms with E-state index < -0.39 is 0 Å². The third kappa shape index (κ3) is 5.14. The summed E-state index contributed by atoms with van der Waals surface area (Å²) in [6, 6.07) is 67.3. The molecule has 0 saturated heterocycles. The minimum atomic E-state index is -0.302. The Labute approximate surface area is 335 Å². The molecule has 3 aliphatic rings. The Morgan fingerprint density at radius 3 is 1.88 bits per heavy atom. The van der Waals surface area contributed by atoms with Gasteiger partial charge in [-0.25, -0.2) is 0 Å². The molecule has 2 nitrogen and oxygen atoms in total. The molecule has 0 radical (unpaired) electrons. The van der Waals surface area contributed by atoms with E-state index in [1.165, 1.54) is 88.7 Å². The number of fused-ring (bicyclic) bond motifs is 7. The van der Waals surface area contributed by atoms with E-state index in [4.69, 9.17) is 0 Å². The lowest BCUT2D eigenvalue weighted by atomic mass is 9.72. The van der Waals surface area contributed by atoms with Crippen LogP contribution in [-0.4, -0.2) is 0 Å². The van der Waals surface area contributed by atoms with Crippen LogP contribution in [0.15, 0.2) is 188 Å². The van der Waals surface area contributed by atoms with E-state index in [0.717, 1.165) is 5.70 Å². The molecule has 1 heterocycles. The van der Waals surface area contributed by atoms with Gasteiger partial charge in [0, 0.05) is 16.5 Å². The molecule has 0 spiro atoms. The zero-order valence-electron chi connectivity index (χ0n) is 32.6. The van der Waals surface area contributed by atoms with Gasteiger partial charge >= 0.3 is 0 Å². The molecule has 57 heavy (non-hydrogen) atoms. The van der Waals surface area contributed by atoms with Crippen molar-refractivity contribution in [1.82, 2.24) is 10.6 Å². The van der Waals surface area contributed by atoms with E-state index >= 15 is 0 Å². The van der Waals surface area contributed by atoms with Crippen molar-refractivity contribution in [2.45, 2.75) is 43.8 Å². The zero-order valence-corrected chi connectivity index (χ0v) is 32.6.